The summed E-state index contributed by atoms with van der Waals surface area (Å²) in [5, 5.41) is 9.61. The second-order valence-corrected chi connectivity index (χ2v) is 9.16. The van der Waals surface area contributed by atoms with Crippen molar-refractivity contribution in [3.8, 4) is 21.7 Å². The third kappa shape index (κ3) is 6.70. The summed E-state index contributed by atoms with van der Waals surface area (Å²) in [6, 6.07) is 18.7. The summed E-state index contributed by atoms with van der Waals surface area (Å²) in [4.78, 5) is 16.0. The molecule has 173 valence electrons. The number of fused-ring (bicyclic) bond motifs is 1. The van der Waals surface area contributed by atoms with Gasteiger partial charge in [0.05, 0.1) is 5.76 Å². The summed E-state index contributed by atoms with van der Waals surface area (Å²) in [5.41, 5.74) is 8.50. The minimum absolute atomic E-state index is 0. The first kappa shape index (κ1) is 26.7. The van der Waals surface area contributed by atoms with Crippen molar-refractivity contribution in [2.45, 2.75) is 41.5 Å². The van der Waals surface area contributed by atoms with Crippen LogP contribution in [-0.4, -0.2) is 15.9 Å². The number of thiophene rings is 1. The Hall–Kier alpha value is -2.59. The van der Waals surface area contributed by atoms with E-state index in [4.69, 9.17) is 10.1 Å². The van der Waals surface area contributed by atoms with E-state index in [1.807, 2.05) is 17.5 Å². The molecule has 2 heterocycles. The molecule has 0 aliphatic rings. The average Bonchev–Trinajstić information content (AvgIpc) is 3.10. The van der Waals surface area contributed by atoms with E-state index in [0.717, 1.165) is 16.8 Å². The predicted molar refractivity (Wildman–Crippen MR) is 135 cm³/mol. The number of nitrogens with zero attached hydrogens (tertiary/aromatic N) is 1. The fraction of sp³-hybridized carbons (Fsp3) is 0.214. The van der Waals surface area contributed by atoms with E-state index < -0.39 is 0 Å². The molecule has 0 saturated heterocycles. The molecule has 0 atom stereocenters. The number of carbonyl (C=O) groups excluding carboxylic acids is 1. The fourth-order valence-corrected chi connectivity index (χ4v) is 5.13. The van der Waals surface area contributed by atoms with Crippen molar-refractivity contribution in [1.29, 1.82) is 0 Å². The molecular formula is C28H28IrNO2S-. The number of pyridine rings is 1. The van der Waals surface area contributed by atoms with Gasteiger partial charge >= 0.3 is 0 Å². The molecule has 0 aliphatic heterocycles. The summed E-state index contributed by atoms with van der Waals surface area (Å²) < 4.78 is 1.24. The maximum atomic E-state index is 10.0. The van der Waals surface area contributed by atoms with Crippen molar-refractivity contribution in [3.63, 3.8) is 0 Å². The maximum absolute atomic E-state index is 10.0. The Balaban J connectivity index is 0.000000423. The summed E-state index contributed by atoms with van der Waals surface area (Å²) in [7, 11) is 0. The minimum atomic E-state index is -0.125. The van der Waals surface area contributed by atoms with Gasteiger partial charge in [-0.05, 0) is 61.9 Å². The second-order valence-electron chi connectivity index (χ2n) is 8.11. The zero-order valence-electron chi connectivity index (χ0n) is 19.7. The monoisotopic (exact) mass is 635 g/mol. The quantitative estimate of drug-likeness (QED) is 0.143. The van der Waals surface area contributed by atoms with Crippen molar-refractivity contribution in [3.05, 3.63) is 88.8 Å². The Bertz CT molecular complexity index is 1280. The summed E-state index contributed by atoms with van der Waals surface area (Å²) in [5.74, 6) is -0.0625. The van der Waals surface area contributed by atoms with Crippen LogP contribution in [-0.2, 0) is 24.9 Å². The molecule has 2 aromatic carbocycles. The number of aliphatic hydroxyl groups is 1. The van der Waals surface area contributed by atoms with E-state index in [-0.39, 0.29) is 31.6 Å². The zero-order chi connectivity index (χ0) is 23.4. The molecular weight excluding hydrogens is 607 g/mol. The van der Waals surface area contributed by atoms with Crippen molar-refractivity contribution in [2.75, 3.05) is 0 Å². The SMILES string of the molecule is CC(=O)/C=C(/C)O.Cc1[c-]c(-c2nccc3cc(-c4c(C)cccc4C)sc23)cc(C)c1.[Ir]. The Kier molecular flexibility index (Phi) is 9.30. The third-order valence-electron chi connectivity index (χ3n) is 4.98. The van der Waals surface area contributed by atoms with Gasteiger partial charge in [-0.3, -0.25) is 4.79 Å². The Labute approximate surface area is 213 Å². The van der Waals surface area contributed by atoms with Crippen molar-refractivity contribution in [2.24, 2.45) is 0 Å². The number of rotatable bonds is 3. The molecule has 2 aromatic heterocycles. The molecule has 4 rings (SSSR count). The standard InChI is InChI=1S/C23H20NS.C5H8O2.Ir/c1-14-10-15(2)12-19(11-14)22-23-18(8-9-24-22)13-20(25-23)21-16(3)6-5-7-17(21)4;1-4(6)3-5(2)7;/h5-11,13H,1-4H3;3,6H,1-2H3;/q-1;;/b;4-3-;. The molecule has 0 spiro atoms. The van der Waals surface area contributed by atoms with Gasteiger partial charge in [-0.25, -0.2) is 0 Å². The fourth-order valence-electron chi connectivity index (χ4n) is 3.80. The maximum Gasteiger partial charge on any atom is 0.155 e. The average molecular weight is 635 g/mol. The van der Waals surface area contributed by atoms with Gasteiger partial charge in [0.2, 0.25) is 0 Å². The van der Waals surface area contributed by atoms with E-state index in [2.05, 4.69) is 76.2 Å². The van der Waals surface area contributed by atoms with Crippen molar-refractivity contribution in [1.82, 2.24) is 4.98 Å². The summed E-state index contributed by atoms with van der Waals surface area (Å²) in [6.45, 7) is 11.4. The van der Waals surface area contributed by atoms with Crippen molar-refractivity contribution < 1.29 is 30.0 Å². The van der Waals surface area contributed by atoms with E-state index in [0.29, 0.717) is 0 Å². The van der Waals surface area contributed by atoms with Crippen LogP contribution in [0.2, 0.25) is 0 Å². The molecule has 1 radical (unpaired) electrons. The molecule has 5 heteroatoms. The second kappa shape index (κ2) is 11.5. The van der Waals surface area contributed by atoms with Gasteiger partial charge < -0.3 is 10.1 Å². The first-order chi connectivity index (χ1) is 15.2. The Morgan fingerprint density at radius 1 is 1.03 bits per heavy atom. The number of hydrogen-bond acceptors (Lipinski definition) is 4. The van der Waals surface area contributed by atoms with Gasteiger partial charge in [0, 0.05) is 47.6 Å². The third-order valence-corrected chi connectivity index (χ3v) is 6.15. The van der Waals surface area contributed by atoms with Gasteiger partial charge in [0.15, 0.2) is 5.78 Å². The molecule has 0 unspecified atom stereocenters. The van der Waals surface area contributed by atoms with Crippen LogP contribution in [0, 0.1) is 33.8 Å². The van der Waals surface area contributed by atoms with E-state index >= 15 is 0 Å². The van der Waals surface area contributed by atoms with E-state index in [9.17, 15) is 4.79 Å². The van der Waals surface area contributed by atoms with Gasteiger partial charge in [-0.15, -0.1) is 46.2 Å². The Morgan fingerprint density at radius 3 is 2.24 bits per heavy atom. The van der Waals surface area contributed by atoms with E-state index in [1.54, 1.807) is 0 Å². The molecule has 0 fully saturated rings. The number of benzene rings is 2. The van der Waals surface area contributed by atoms with Crippen LogP contribution >= 0.6 is 11.3 Å². The first-order valence-electron chi connectivity index (χ1n) is 10.5. The van der Waals surface area contributed by atoms with Crippen LogP contribution in [0.3, 0.4) is 0 Å². The molecule has 0 aliphatic carbocycles. The van der Waals surface area contributed by atoms with Crippen LogP contribution in [0.15, 0.2) is 60.5 Å². The molecule has 4 aromatic rings. The largest absolute Gasteiger partial charge is 0.512 e. The number of aliphatic hydroxyl groups excluding tert-OH is 1. The minimum Gasteiger partial charge on any atom is -0.512 e. The number of ketones is 1. The number of carbonyl (C=O) groups is 1. The van der Waals surface area contributed by atoms with Gasteiger partial charge in [-0.1, -0.05) is 32.0 Å². The summed E-state index contributed by atoms with van der Waals surface area (Å²) in [6.07, 6.45) is 3.07. The molecule has 3 nitrogen and oxygen atoms in total. The van der Waals surface area contributed by atoms with Crippen LogP contribution in [0.25, 0.3) is 31.8 Å². The molecule has 0 amide bonds. The Morgan fingerprint density at radius 2 is 1.70 bits per heavy atom. The predicted octanol–water partition coefficient (Wildman–Crippen LogP) is 7.70. The number of allylic oxidation sites excluding steroid dienone is 2. The van der Waals surface area contributed by atoms with Crippen LogP contribution < -0.4 is 0 Å². The number of aryl methyl sites for hydroxylation is 4. The molecule has 33 heavy (non-hydrogen) atoms. The van der Waals surface area contributed by atoms with Gasteiger partial charge in [0.25, 0.3) is 0 Å². The topological polar surface area (TPSA) is 50.2 Å². The summed E-state index contributed by atoms with van der Waals surface area (Å²) >= 11 is 1.83. The molecule has 0 saturated carbocycles. The van der Waals surface area contributed by atoms with Crippen LogP contribution in [0.1, 0.15) is 36.1 Å². The van der Waals surface area contributed by atoms with E-state index in [1.165, 1.54) is 57.1 Å². The molecule has 1 N–H and O–H groups in total. The van der Waals surface area contributed by atoms with Gasteiger partial charge in [0.1, 0.15) is 0 Å². The molecule has 0 bridgehead atoms. The van der Waals surface area contributed by atoms with Crippen molar-refractivity contribution >= 4 is 27.2 Å². The number of hydrogen-bond donors (Lipinski definition) is 1. The smallest absolute Gasteiger partial charge is 0.155 e. The first-order valence-corrected chi connectivity index (χ1v) is 11.3. The van der Waals surface area contributed by atoms with Gasteiger partial charge in [-0.2, -0.15) is 0 Å². The zero-order valence-corrected chi connectivity index (χ0v) is 23.0. The number of aromatic nitrogens is 1. The van der Waals surface area contributed by atoms with Crippen LogP contribution in [0.5, 0.6) is 0 Å². The normalized spacial score (nSPS) is 10.9. The van der Waals surface area contributed by atoms with Crippen LogP contribution in [0.4, 0.5) is 0 Å².